The van der Waals surface area contributed by atoms with E-state index in [4.69, 9.17) is 0 Å². The molecule has 1 aliphatic heterocycles. The van der Waals surface area contributed by atoms with Crippen molar-refractivity contribution in [3.8, 4) is 0 Å². The summed E-state index contributed by atoms with van der Waals surface area (Å²) in [5, 5.41) is 6.36. The number of halogens is 1. The first-order valence-electron chi connectivity index (χ1n) is 7.67. The second kappa shape index (κ2) is 8.15. The number of para-hydroxylation sites is 2. The minimum Gasteiger partial charge on any atom is -0.356 e. The Morgan fingerprint density at radius 3 is 2.88 bits per heavy atom. The lowest BCUT2D eigenvalue weighted by molar-refractivity contribution is 0.599. The number of hydrogen-bond donors (Lipinski definition) is 3. The summed E-state index contributed by atoms with van der Waals surface area (Å²) >= 11 is 0. The van der Waals surface area contributed by atoms with Crippen LogP contribution in [-0.2, 0) is 16.3 Å². The van der Waals surface area contributed by atoms with E-state index in [1.54, 1.807) is 7.05 Å². The summed E-state index contributed by atoms with van der Waals surface area (Å²) in [5.74, 6) is 1.97. The number of nitrogens with one attached hydrogen (secondary N) is 3. The number of nitrogens with zero attached hydrogens (tertiary/aromatic N) is 2. The van der Waals surface area contributed by atoms with Gasteiger partial charge in [0.15, 0.2) is 15.8 Å². The van der Waals surface area contributed by atoms with Crippen LogP contribution in [0, 0.1) is 0 Å². The van der Waals surface area contributed by atoms with Crippen molar-refractivity contribution in [2.24, 2.45) is 4.99 Å². The highest BCUT2D eigenvalue weighted by Crippen LogP contribution is 2.11. The zero-order valence-electron chi connectivity index (χ0n) is 13.4. The van der Waals surface area contributed by atoms with Crippen LogP contribution in [0.2, 0.25) is 0 Å². The number of aromatic amines is 1. The van der Waals surface area contributed by atoms with E-state index in [0.717, 1.165) is 23.3 Å². The van der Waals surface area contributed by atoms with Gasteiger partial charge in [0.2, 0.25) is 0 Å². The molecule has 132 valence electrons. The number of rotatable bonds is 4. The standard InChI is InChI=1S/C15H21N5O2S.HI/c1-16-15(18-11-7-9-23(21,22)10-11)17-8-6-14-19-12-4-2-3-5-13(12)20-14;/h2-5,11H,6-10H2,1H3,(H,19,20)(H2,16,17,18);1H. The van der Waals surface area contributed by atoms with Gasteiger partial charge < -0.3 is 15.6 Å². The van der Waals surface area contributed by atoms with Gasteiger partial charge in [0, 0.05) is 26.1 Å². The molecule has 0 spiro atoms. The minimum atomic E-state index is -2.89. The molecule has 7 nitrogen and oxygen atoms in total. The number of aromatic nitrogens is 2. The molecule has 9 heteroatoms. The van der Waals surface area contributed by atoms with Crippen LogP contribution in [-0.4, -0.2) is 55.5 Å². The molecular weight excluding hydrogens is 441 g/mol. The van der Waals surface area contributed by atoms with Crippen LogP contribution in [0.3, 0.4) is 0 Å². The zero-order valence-corrected chi connectivity index (χ0v) is 16.6. The maximum Gasteiger partial charge on any atom is 0.191 e. The highest BCUT2D eigenvalue weighted by molar-refractivity contribution is 14.0. The van der Waals surface area contributed by atoms with E-state index in [0.29, 0.717) is 18.9 Å². The lowest BCUT2D eigenvalue weighted by Gasteiger charge is -2.15. The van der Waals surface area contributed by atoms with Crippen molar-refractivity contribution >= 4 is 50.8 Å². The molecule has 0 radical (unpaired) electrons. The van der Waals surface area contributed by atoms with E-state index >= 15 is 0 Å². The number of benzene rings is 1. The second-order valence-corrected chi connectivity index (χ2v) is 7.92. The van der Waals surface area contributed by atoms with Crippen LogP contribution >= 0.6 is 24.0 Å². The normalized spacial score (nSPS) is 19.9. The Morgan fingerprint density at radius 2 is 2.21 bits per heavy atom. The van der Waals surface area contributed by atoms with Gasteiger partial charge in [0.1, 0.15) is 5.82 Å². The van der Waals surface area contributed by atoms with E-state index in [-0.39, 0.29) is 41.5 Å². The van der Waals surface area contributed by atoms with Crippen LogP contribution < -0.4 is 10.6 Å². The monoisotopic (exact) mass is 463 g/mol. The van der Waals surface area contributed by atoms with Crippen LogP contribution in [0.1, 0.15) is 12.2 Å². The van der Waals surface area contributed by atoms with E-state index in [2.05, 4.69) is 25.6 Å². The lowest BCUT2D eigenvalue weighted by atomic mass is 10.3. The largest absolute Gasteiger partial charge is 0.356 e. The number of aliphatic imine (C=N–C) groups is 1. The quantitative estimate of drug-likeness (QED) is 0.358. The molecule has 1 atom stereocenters. The number of sulfone groups is 1. The molecule has 1 aromatic heterocycles. The van der Waals surface area contributed by atoms with Crippen LogP contribution in [0.25, 0.3) is 11.0 Å². The predicted molar refractivity (Wildman–Crippen MR) is 107 cm³/mol. The SMILES string of the molecule is CN=C(NCCc1nc2ccccc2[nH]1)NC1CCS(=O)(=O)C1.I. The molecule has 24 heavy (non-hydrogen) atoms. The molecule has 1 aromatic carbocycles. The summed E-state index contributed by atoms with van der Waals surface area (Å²) in [6, 6.07) is 7.86. The average molecular weight is 463 g/mol. The van der Waals surface area contributed by atoms with Gasteiger partial charge in [-0.3, -0.25) is 4.99 Å². The van der Waals surface area contributed by atoms with E-state index in [9.17, 15) is 8.42 Å². The number of imidazole rings is 1. The molecular formula is C15H22IN5O2S. The average Bonchev–Trinajstić information content (AvgIpc) is 3.08. The second-order valence-electron chi connectivity index (χ2n) is 5.69. The van der Waals surface area contributed by atoms with Gasteiger partial charge >= 0.3 is 0 Å². The molecule has 2 aromatic rings. The lowest BCUT2D eigenvalue weighted by Crippen LogP contribution is -2.44. The van der Waals surface area contributed by atoms with Crippen LogP contribution in [0.5, 0.6) is 0 Å². The Hall–Kier alpha value is -1.36. The van der Waals surface area contributed by atoms with E-state index in [1.807, 2.05) is 24.3 Å². The first-order valence-corrected chi connectivity index (χ1v) is 9.49. The smallest absolute Gasteiger partial charge is 0.191 e. The molecule has 3 rings (SSSR count). The van der Waals surface area contributed by atoms with Crippen molar-refractivity contribution in [3.63, 3.8) is 0 Å². The van der Waals surface area contributed by atoms with Crippen molar-refractivity contribution < 1.29 is 8.42 Å². The molecule has 1 saturated heterocycles. The molecule has 3 N–H and O–H groups in total. The summed E-state index contributed by atoms with van der Waals surface area (Å²) in [4.78, 5) is 11.9. The van der Waals surface area contributed by atoms with Gasteiger partial charge in [0.25, 0.3) is 0 Å². The number of guanidine groups is 1. The summed E-state index contributed by atoms with van der Waals surface area (Å²) in [7, 11) is -1.21. The molecule has 2 heterocycles. The van der Waals surface area contributed by atoms with Gasteiger partial charge in [-0.05, 0) is 18.6 Å². The van der Waals surface area contributed by atoms with Gasteiger partial charge in [-0.2, -0.15) is 0 Å². The molecule has 0 aliphatic carbocycles. The zero-order chi connectivity index (χ0) is 16.3. The molecule has 1 unspecified atom stereocenters. The van der Waals surface area contributed by atoms with E-state index in [1.165, 1.54) is 0 Å². The van der Waals surface area contributed by atoms with Crippen molar-refractivity contribution in [2.45, 2.75) is 18.9 Å². The number of H-pyrrole nitrogens is 1. The molecule has 0 saturated carbocycles. The third-order valence-corrected chi connectivity index (χ3v) is 5.66. The summed E-state index contributed by atoms with van der Waals surface area (Å²) in [5.41, 5.74) is 1.99. The molecule has 0 amide bonds. The third kappa shape index (κ3) is 4.82. The molecule has 1 aliphatic rings. The fraction of sp³-hybridized carbons (Fsp3) is 0.467. The Bertz CT molecular complexity index is 785. The highest BCUT2D eigenvalue weighted by atomic mass is 127. The third-order valence-electron chi connectivity index (χ3n) is 3.89. The summed E-state index contributed by atoms with van der Waals surface area (Å²) in [6.07, 6.45) is 1.37. The Labute approximate surface area is 158 Å². The van der Waals surface area contributed by atoms with Gasteiger partial charge in [0.05, 0.1) is 22.5 Å². The minimum absolute atomic E-state index is 0. The maximum atomic E-state index is 11.5. The van der Waals surface area contributed by atoms with Gasteiger partial charge in [-0.15, -0.1) is 24.0 Å². The number of hydrogen-bond acceptors (Lipinski definition) is 4. The van der Waals surface area contributed by atoms with Crippen LogP contribution in [0.4, 0.5) is 0 Å². The maximum absolute atomic E-state index is 11.5. The van der Waals surface area contributed by atoms with Crippen molar-refractivity contribution in [3.05, 3.63) is 30.1 Å². The molecule has 0 bridgehead atoms. The van der Waals surface area contributed by atoms with E-state index < -0.39 is 9.84 Å². The first kappa shape index (κ1) is 19.0. The number of fused-ring (bicyclic) bond motifs is 1. The molecule has 1 fully saturated rings. The van der Waals surface area contributed by atoms with Gasteiger partial charge in [-0.1, -0.05) is 12.1 Å². The highest BCUT2D eigenvalue weighted by Gasteiger charge is 2.28. The van der Waals surface area contributed by atoms with Crippen molar-refractivity contribution in [1.29, 1.82) is 0 Å². The van der Waals surface area contributed by atoms with Crippen molar-refractivity contribution in [2.75, 3.05) is 25.1 Å². The summed E-state index contributed by atoms with van der Waals surface area (Å²) in [6.45, 7) is 0.666. The van der Waals surface area contributed by atoms with Crippen LogP contribution in [0.15, 0.2) is 29.3 Å². The fourth-order valence-electron chi connectivity index (χ4n) is 2.72. The predicted octanol–water partition coefficient (Wildman–Crippen LogP) is 1.08. The Balaban J connectivity index is 0.00000208. The topological polar surface area (TPSA) is 99.2 Å². The van der Waals surface area contributed by atoms with Gasteiger partial charge in [-0.25, -0.2) is 13.4 Å². The summed E-state index contributed by atoms with van der Waals surface area (Å²) < 4.78 is 23.0. The fourth-order valence-corrected chi connectivity index (χ4v) is 4.39. The Morgan fingerprint density at radius 1 is 1.42 bits per heavy atom. The van der Waals surface area contributed by atoms with Crippen molar-refractivity contribution in [1.82, 2.24) is 20.6 Å². The first-order chi connectivity index (χ1) is 11.1. The Kier molecular flexibility index (Phi) is 6.44.